The van der Waals surface area contributed by atoms with E-state index in [0.29, 0.717) is 24.7 Å². The number of hydrogen-bond donors (Lipinski definition) is 0. The molecule has 0 bridgehead atoms. The number of aromatic nitrogens is 2. The van der Waals surface area contributed by atoms with Crippen LogP contribution in [0.15, 0.2) is 41.2 Å². The minimum absolute atomic E-state index is 0.110. The van der Waals surface area contributed by atoms with E-state index in [1.165, 1.54) is 27.9 Å². The molecule has 1 aromatic carbocycles. The fraction of sp³-hybridized carbons (Fsp3) is 0.450. The van der Waals surface area contributed by atoms with Gasteiger partial charge in [0.15, 0.2) is 0 Å². The number of amides is 1. The molecule has 0 atom stereocenters. The molecule has 26 heavy (non-hydrogen) atoms. The predicted molar refractivity (Wildman–Crippen MR) is 101 cm³/mol. The maximum absolute atomic E-state index is 12.6. The van der Waals surface area contributed by atoms with E-state index in [4.69, 9.17) is 0 Å². The van der Waals surface area contributed by atoms with Gasteiger partial charge in [0.1, 0.15) is 5.69 Å². The fourth-order valence-electron chi connectivity index (χ4n) is 3.15. The highest BCUT2D eigenvalue weighted by Crippen LogP contribution is 2.16. The summed E-state index contributed by atoms with van der Waals surface area (Å²) in [5.74, 6) is 0.436. The van der Waals surface area contributed by atoms with E-state index in [0.717, 1.165) is 19.6 Å². The van der Waals surface area contributed by atoms with Crippen LogP contribution in [0.4, 0.5) is 0 Å². The van der Waals surface area contributed by atoms with Crippen LogP contribution >= 0.6 is 0 Å². The molecule has 1 aliphatic rings. The van der Waals surface area contributed by atoms with Crippen molar-refractivity contribution in [2.45, 2.75) is 26.3 Å². The second kappa shape index (κ2) is 7.83. The minimum Gasteiger partial charge on any atom is -0.335 e. The van der Waals surface area contributed by atoms with Gasteiger partial charge in [-0.05, 0) is 23.1 Å². The topological polar surface area (TPSA) is 58.4 Å². The molecule has 2 aromatic rings. The molecule has 1 aromatic heterocycles. The lowest BCUT2D eigenvalue weighted by Gasteiger charge is -2.34. The largest absolute Gasteiger partial charge is 0.335 e. The van der Waals surface area contributed by atoms with Crippen LogP contribution in [0.5, 0.6) is 0 Å². The Balaban J connectivity index is 1.56. The number of carbonyl (C=O) groups is 1. The molecule has 138 valence electrons. The normalized spacial score (nSPS) is 15.5. The molecule has 1 saturated heterocycles. The Kier molecular flexibility index (Phi) is 5.52. The van der Waals surface area contributed by atoms with E-state index < -0.39 is 0 Å². The van der Waals surface area contributed by atoms with Crippen LogP contribution in [0.3, 0.4) is 0 Å². The molecule has 2 heterocycles. The molecular weight excluding hydrogens is 328 g/mol. The molecule has 0 unspecified atom stereocenters. The Morgan fingerprint density at radius 1 is 1.04 bits per heavy atom. The molecule has 3 rings (SSSR count). The van der Waals surface area contributed by atoms with Gasteiger partial charge in [-0.25, -0.2) is 4.68 Å². The summed E-state index contributed by atoms with van der Waals surface area (Å²) in [6, 6.07) is 11.7. The van der Waals surface area contributed by atoms with Crippen molar-refractivity contribution in [2.75, 3.05) is 26.2 Å². The molecule has 6 heteroatoms. The maximum atomic E-state index is 12.6. The first-order valence-electron chi connectivity index (χ1n) is 9.09. The smallest absolute Gasteiger partial charge is 0.274 e. The first-order valence-corrected chi connectivity index (χ1v) is 9.09. The van der Waals surface area contributed by atoms with Gasteiger partial charge < -0.3 is 4.90 Å². The summed E-state index contributed by atoms with van der Waals surface area (Å²) in [5, 5.41) is 4.06. The molecule has 0 radical (unpaired) electrons. The van der Waals surface area contributed by atoms with Gasteiger partial charge in [0.05, 0.1) is 0 Å². The number of aryl methyl sites for hydroxylation is 1. The summed E-state index contributed by atoms with van der Waals surface area (Å²) in [5.41, 5.74) is 2.77. The Bertz CT molecular complexity index is 818. The number of benzene rings is 1. The van der Waals surface area contributed by atoms with Gasteiger partial charge in [-0.3, -0.25) is 14.5 Å². The Morgan fingerprint density at radius 3 is 2.27 bits per heavy atom. The highest BCUT2D eigenvalue weighted by atomic mass is 16.2. The highest BCUT2D eigenvalue weighted by Gasteiger charge is 2.23. The Hall–Kier alpha value is -2.47. The van der Waals surface area contributed by atoms with Crippen molar-refractivity contribution in [1.29, 1.82) is 0 Å². The van der Waals surface area contributed by atoms with Crippen molar-refractivity contribution in [3.05, 3.63) is 63.6 Å². The monoisotopic (exact) mass is 354 g/mol. The molecule has 0 saturated carbocycles. The zero-order chi connectivity index (χ0) is 18.7. The molecule has 1 amide bonds. The van der Waals surface area contributed by atoms with Crippen LogP contribution < -0.4 is 5.56 Å². The summed E-state index contributed by atoms with van der Waals surface area (Å²) in [6.07, 6.45) is 0. The van der Waals surface area contributed by atoms with Crippen molar-refractivity contribution in [3.63, 3.8) is 0 Å². The van der Waals surface area contributed by atoms with Crippen LogP contribution in [0, 0.1) is 0 Å². The second-order valence-corrected chi connectivity index (χ2v) is 7.15. The molecule has 0 spiro atoms. The first kappa shape index (κ1) is 18.3. The van der Waals surface area contributed by atoms with Crippen molar-refractivity contribution >= 4 is 5.91 Å². The average Bonchev–Trinajstić information content (AvgIpc) is 2.64. The van der Waals surface area contributed by atoms with E-state index in [9.17, 15) is 9.59 Å². The summed E-state index contributed by atoms with van der Waals surface area (Å²) in [4.78, 5) is 28.1. The summed E-state index contributed by atoms with van der Waals surface area (Å²) in [7, 11) is 1.56. The third-order valence-corrected chi connectivity index (χ3v) is 4.89. The van der Waals surface area contributed by atoms with E-state index in [-0.39, 0.29) is 11.5 Å². The SMILES string of the molecule is CC(C)c1ccc(CN2CCN(C(=O)c3ccc(=O)n(C)n3)CC2)cc1. The van der Waals surface area contributed by atoms with Gasteiger partial charge in [-0.2, -0.15) is 5.10 Å². The predicted octanol–water partition coefficient (Wildman–Crippen LogP) is 1.86. The molecule has 1 aliphatic heterocycles. The molecule has 0 N–H and O–H groups in total. The van der Waals surface area contributed by atoms with E-state index in [1.54, 1.807) is 7.05 Å². The van der Waals surface area contributed by atoms with E-state index in [1.807, 2.05) is 4.90 Å². The Labute approximate surface area is 154 Å². The number of rotatable bonds is 4. The Morgan fingerprint density at radius 2 is 1.69 bits per heavy atom. The fourth-order valence-corrected chi connectivity index (χ4v) is 3.15. The van der Waals surface area contributed by atoms with Gasteiger partial charge in [-0.1, -0.05) is 38.1 Å². The van der Waals surface area contributed by atoms with Gasteiger partial charge in [0.25, 0.3) is 11.5 Å². The third kappa shape index (κ3) is 4.19. The molecule has 1 fully saturated rings. The van der Waals surface area contributed by atoms with Crippen LogP contribution in [0.1, 0.15) is 41.4 Å². The molecule has 0 aliphatic carbocycles. The number of carbonyl (C=O) groups excluding carboxylic acids is 1. The maximum Gasteiger partial charge on any atom is 0.274 e. The van der Waals surface area contributed by atoms with Crippen molar-refractivity contribution in [2.24, 2.45) is 7.05 Å². The number of piperazine rings is 1. The van der Waals surface area contributed by atoms with E-state index >= 15 is 0 Å². The highest BCUT2D eigenvalue weighted by molar-refractivity contribution is 5.92. The van der Waals surface area contributed by atoms with Gasteiger partial charge >= 0.3 is 0 Å². The molecule has 6 nitrogen and oxygen atoms in total. The minimum atomic E-state index is -0.213. The van der Waals surface area contributed by atoms with Crippen molar-refractivity contribution in [3.8, 4) is 0 Å². The first-order chi connectivity index (χ1) is 12.4. The molecular formula is C20H26N4O2. The van der Waals surface area contributed by atoms with Gasteiger partial charge in [0, 0.05) is 45.8 Å². The van der Waals surface area contributed by atoms with Crippen LogP contribution in [-0.2, 0) is 13.6 Å². The lowest BCUT2D eigenvalue weighted by Crippen LogP contribution is -2.48. The number of hydrogen-bond acceptors (Lipinski definition) is 4. The lowest BCUT2D eigenvalue weighted by atomic mass is 10.0. The van der Waals surface area contributed by atoms with Gasteiger partial charge in [0.2, 0.25) is 0 Å². The standard InChI is InChI=1S/C20H26N4O2/c1-15(2)17-6-4-16(5-7-17)14-23-10-12-24(13-11-23)20(26)18-8-9-19(25)22(3)21-18/h4-9,15H,10-14H2,1-3H3. The zero-order valence-electron chi connectivity index (χ0n) is 15.7. The van der Waals surface area contributed by atoms with Crippen molar-refractivity contribution in [1.82, 2.24) is 19.6 Å². The van der Waals surface area contributed by atoms with Gasteiger partial charge in [-0.15, -0.1) is 0 Å². The lowest BCUT2D eigenvalue weighted by molar-refractivity contribution is 0.0620. The van der Waals surface area contributed by atoms with Crippen molar-refractivity contribution < 1.29 is 4.79 Å². The zero-order valence-corrected chi connectivity index (χ0v) is 15.7. The quantitative estimate of drug-likeness (QED) is 0.841. The van der Waals surface area contributed by atoms with Crippen LogP contribution in [0.25, 0.3) is 0 Å². The van der Waals surface area contributed by atoms with Crippen LogP contribution in [-0.4, -0.2) is 51.7 Å². The summed E-state index contributed by atoms with van der Waals surface area (Å²) in [6.45, 7) is 8.32. The average molecular weight is 354 g/mol. The summed E-state index contributed by atoms with van der Waals surface area (Å²) >= 11 is 0. The number of nitrogens with zero attached hydrogens (tertiary/aromatic N) is 4. The summed E-state index contributed by atoms with van der Waals surface area (Å²) < 4.78 is 1.20. The second-order valence-electron chi connectivity index (χ2n) is 7.15. The van der Waals surface area contributed by atoms with Crippen LogP contribution in [0.2, 0.25) is 0 Å². The third-order valence-electron chi connectivity index (χ3n) is 4.89. The van der Waals surface area contributed by atoms with E-state index in [2.05, 4.69) is 48.1 Å².